The second kappa shape index (κ2) is 9.71. The van der Waals surface area contributed by atoms with Crippen molar-refractivity contribution in [1.29, 1.82) is 0 Å². The maximum atomic E-state index is 13.0. The first-order valence-corrected chi connectivity index (χ1v) is 9.59. The maximum Gasteiger partial charge on any atom is 0.239 e. The molecule has 1 saturated heterocycles. The van der Waals surface area contributed by atoms with Crippen molar-refractivity contribution < 1.29 is 23.2 Å². The molecule has 29 heavy (non-hydrogen) atoms. The fraction of sp³-hybridized carbons (Fsp3) is 0.421. The fourth-order valence-electron chi connectivity index (χ4n) is 2.96. The van der Waals surface area contributed by atoms with Gasteiger partial charge in [0.2, 0.25) is 11.8 Å². The van der Waals surface area contributed by atoms with Crippen LogP contribution in [0.15, 0.2) is 28.8 Å². The molecule has 0 unspecified atom stereocenters. The number of benzene rings is 1. The van der Waals surface area contributed by atoms with E-state index in [1.54, 1.807) is 17.9 Å². The van der Waals surface area contributed by atoms with Crippen molar-refractivity contribution in [2.24, 2.45) is 0 Å². The average molecular weight is 425 g/mol. The van der Waals surface area contributed by atoms with Crippen LogP contribution in [-0.2, 0) is 9.59 Å². The van der Waals surface area contributed by atoms with Crippen molar-refractivity contribution in [2.75, 3.05) is 44.6 Å². The lowest BCUT2D eigenvalue weighted by Crippen LogP contribution is -2.50. The van der Waals surface area contributed by atoms with Gasteiger partial charge in [0, 0.05) is 32.2 Å². The number of amides is 2. The minimum absolute atomic E-state index is 0.0367. The maximum absolute atomic E-state index is 13.0. The Balaban J connectivity index is 1.36. The molecule has 8 nitrogen and oxygen atoms in total. The van der Waals surface area contributed by atoms with Gasteiger partial charge in [0.05, 0.1) is 24.6 Å². The summed E-state index contributed by atoms with van der Waals surface area (Å²) in [7, 11) is 0. The van der Waals surface area contributed by atoms with E-state index in [0.717, 1.165) is 6.07 Å². The van der Waals surface area contributed by atoms with E-state index in [1.807, 2.05) is 4.90 Å². The molecule has 2 aromatic rings. The van der Waals surface area contributed by atoms with Gasteiger partial charge in [-0.05, 0) is 25.1 Å². The highest BCUT2D eigenvalue weighted by atomic mass is 35.5. The lowest BCUT2D eigenvalue weighted by Gasteiger charge is -2.34. The Labute approximate surface area is 172 Å². The zero-order valence-electron chi connectivity index (χ0n) is 16.0. The summed E-state index contributed by atoms with van der Waals surface area (Å²) in [5.41, 5.74) is 0. The molecule has 2 heterocycles. The van der Waals surface area contributed by atoms with Crippen molar-refractivity contribution in [2.45, 2.75) is 13.3 Å². The van der Waals surface area contributed by atoms with Gasteiger partial charge in [0.1, 0.15) is 17.3 Å². The summed E-state index contributed by atoms with van der Waals surface area (Å²) in [6.07, 6.45) is 0.194. The number of hydrogen-bond donors (Lipinski definition) is 1. The summed E-state index contributed by atoms with van der Waals surface area (Å²) >= 11 is 5.90. The first kappa shape index (κ1) is 21.1. The van der Waals surface area contributed by atoms with Gasteiger partial charge >= 0.3 is 0 Å². The van der Waals surface area contributed by atoms with Gasteiger partial charge < -0.3 is 19.5 Å². The SMILES string of the molecule is Cc1cc(NC(=O)CN2CCN(C(=O)CCOc3ccc(F)cc3Cl)CC2)no1. The Hall–Kier alpha value is -2.65. The Morgan fingerprint density at radius 2 is 2.03 bits per heavy atom. The van der Waals surface area contributed by atoms with E-state index >= 15 is 0 Å². The van der Waals surface area contributed by atoms with Crippen LogP contribution in [0.5, 0.6) is 5.75 Å². The Morgan fingerprint density at radius 3 is 2.69 bits per heavy atom. The van der Waals surface area contributed by atoms with E-state index in [2.05, 4.69) is 10.5 Å². The third kappa shape index (κ3) is 6.16. The number of halogens is 2. The highest BCUT2D eigenvalue weighted by Crippen LogP contribution is 2.25. The number of aryl methyl sites for hydroxylation is 1. The van der Waals surface area contributed by atoms with Crippen molar-refractivity contribution in [3.05, 3.63) is 40.9 Å². The van der Waals surface area contributed by atoms with Gasteiger partial charge in [-0.3, -0.25) is 14.5 Å². The van der Waals surface area contributed by atoms with Crippen molar-refractivity contribution in [3.63, 3.8) is 0 Å². The van der Waals surface area contributed by atoms with E-state index in [4.69, 9.17) is 20.9 Å². The standard InChI is InChI=1S/C19H22ClFN4O4/c1-13-10-17(23-29-13)22-18(26)12-24-5-7-25(8-6-24)19(27)4-9-28-16-3-2-14(21)11-15(16)20/h2-3,10-11H,4-9,12H2,1H3,(H,22,23,26). The number of nitrogens with one attached hydrogen (secondary N) is 1. The van der Waals surface area contributed by atoms with E-state index in [-0.39, 0.29) is 36.4 Å². The van der Waals surface area contributed by atoms with Crippen LogP contribution in [0.25, 0.3) is 0 Å². The molecule has 0 aliphatic carbocycles. The first-order chi connectivity index (χ1) is 13.9. The Morgan fingerprint density at radius 1 is 1.28 bits per heavy atom. The van der Waals surface area contributed by atoms with Crippen molar-refractivity contribution in [3.8, 4) is 5.75 Å². The summed E-state index contributed by atoms with van der Waals surface area (Å²) < 4.78 is 23.4. The monoisotopic (exact) mass is 424 g/mol. The van der Waals surface area contributed by atoms with Crippen LogP contribution in [0.3, 0.4) is 0 Å². The quantitative estimate of drug-likeness (QED) is 0.734. The third-order valence-electron chi connectivity index (χ3n) is 4.46. The predicted molar refractivity (Wildman–Crippen MR) is 104 cm³/mol. The number of aromatic nitrogens is 1. The van der Waals surface area contributed by atoms with Gasteiger partial charge in [0.25, 0.3) is 0 Å². The van der Waals surface area contributed by atoms with Gasteiger partial charge in [-0.25, -0.2) is 4.39 Å². The summed E-state index contributed by atoms with van der Waals surface area (Å²) in [4.78, 5) is 28.1. The minimum atomic E-state index is -0.443. The van der Waals surface area contributed by atoms with Crippen LogP contribution in [0.4, 0.5) is 10.2 Å². The molecule has 2 amide bonds. The number of ether oxygens (including phenoxy) is 1. The smallest absolute Gasteiger partial charge is 0.239 e. The highest BCUT2D eigenvalue weighted by Gasteiger charge is 2.22. The van der Waals surface area contributed by atoms with Crippen LogP contribution in [-0.4, -0.2) is 66.1 Å². The number of nitrogens with zero attached hydrogens (tertiary/aromatic N) is 3. The number of rotatable bonds is 7. The van der Waals surface area contributed by atoms with Crippen molar-refractivity contribution >= 4 is 29.2 Å². The van der Waals surface area contributed by atoms with Crippen molar-refractivity contribution in [1.82, 2.24) is 15.0 Å². The second-order valence-electron chi connectivity index (χ2n) is 6.70. The summed E-state index contributed by atoms with van der Waals surface area (Å²) in [6, 6.07) is 5.50. The van der Waals surface area contributed by atoms with Crippen LogP contribution in [0.1, 0.15) is 12.2 Å². The molecule has 156 valence electrons. The molecule has 0 spiro atoms. The number of carbonyl (C=O) groups is 2. The van der Waals surface area contributed by atoms with Gasteiger partial charge in [-0.2, -0.15) is 0 Å². The van der Waals surface area contributed by atoms with E-state index in [0.29, 0.717) is 43.5 Å². The summed E-state index contributed by atoms with van der Waals surface area (Å²) in [5, 5.41) is 6.58. The van der Waals surface area contributed by atoms with Gasteiger partial charge in [-0.15, -0.1) is 0 Å². The molecule has 1 fully saturated rings. The zero-order valence-corrected chi connectivity index (χ0v) is 16.7. The van der Waals surface area contributed by atoms with Crippen LogP contribution in [0, 0.1) is 12.7 Å². The Bertz CT molecular complexity index is 868. The summed E-state index contributed by atoms with van der Waals surface area (Å²) in [6.45, 7) is 4.39. The largest absolute Gasteiger partial charge is 0.491 e. The molecule has 0 bridgehead atoms. The molecule has 0 atom stereocenters. The van der Waals surface area contributed by atoms with Crippen LogP contribution < -0.4 is 10.1 Å². The lowest BCUT2D eigenvalue weighted by atomic mass is 10.2. The second-order valence-corrected chi connectivity index (χ2v) is 7.11. The van der Waals surface area contributed by atoms with E-state index < -0.39 is 5.82 Å². The highest BCUT2D eigenvalue weighted by molar-refractivity contribution is 6.32. The molecule has 1 aromatic carbocycles. The molecule has 1 N–H and O–H groups in total. The molecule has 0 radical (unpaired) electrons. The number of hydrogen-bond acceptors (Lipinski definition) is 6. The molecule has 1 aliphatic heterocycles. The van der Waals surface area contributed by atoms with Gasteiger partial charge in [-0.1, -0.05) is 16.8 Å². The molecule has 1 aromatic heterocycles. The van der Waals surface area contributed by atoms with E-state index in [1.165, 1.54) is 12.1 Å². The lowest BCUT2D eigenvalue weighted by molar-refractivity contribution is -0.133. The summed E-state index contributed by atoms with van der Waals surface area (Å²) in [5.74, 6) is 0.703. The molecule has 0 saturated carbocycles. The number of anilines is 1. The van der Waals surface area contributed by atoms with Gasteiger partial charge in [0.15, 0.2) is 5.82 Å². The average Bonchev–Trinajstić information content (AvgIpc) is 3.08. The molecular weight excluding hydrogens is 403 g/mol. The number of carbonyl (C=O) groups excluding carboxylic acids is 2. The minimum Gasteiger partial charge on any atom is -0.491 e. The predicted octanol–water partition coefficient (Wildman–Crippen LogP) is 2.33. The molecule has 1 aliphatic rings. The topological polar surface area (TPSA) is 87.9 Å². The van der Waals surface area contributed by atoms with E-state index in [9.17, 15) is 14.0 Å². The molecular formula is C19H22ClFN4O4. The fourth-order valence-corrected chi connectivity index (χ4v) is 3.19. The normalized spacial score (nSPS) is 14.7. The molecule has 3 rings (SSSR count). The van der Waals surface area contributed by atoms with Crippen LogP contribution >= 0.6 is 11.6 Å². The first-order valence-electron chi connectivity index (χ1n) is 9.22. The third-order valence-corrected chi connectivity index (χ3v) is 4.75. The Kier molecular flexibility index (Phi) is 7.05. The molecule has 10 heteroatoms. The van der Waals surface area contributed by atoms with Crippen LogP contribution in [0.2, 0.25) is 5.02 Å². The number of piperazine rings is 1. The zero-order chi connectivity index (χ0) is 20.8.